The number of hydrogen-bond donors (Lipinski definition) is 1. The number of alkyl halides is 2. The van der Waals surface area contributed by atoms with Crippen LogP contribution in [0.4, 0.5) is 13.9 Å². The highest BCUT2D eigenvalue weighted by molar-refractivity contribution is 7.13. The maximum atomic E-state index is 11.6. The number of oxime groups is 1. The predicted octanol–water partition coefficient (Wildman–Crippen LogP) is 0.868. The number of nitrogens with two attached hydrogens (primary N) is 1. The molecule has 2 N–H and O–H groups in total. The number of rotatable bonds is 4. The highest BCUT2D eigenvalue weighted by atomic mass is 32.1. The van der Waals surface area contributed by atoms with Crippen molar-refractivity contribution in [2.24, 2.45) is 5.16 Å². The molecule has 1 rings (SSSR count). The topological polar surface area (TPSA) is 77.6 Å². The summed E-state index contributed by atoms with van der Waals surface area (Å²) >= 11 is 1.07. The summed E-state index contributed by atoms with van der Waals surface area (Å²) in [6, 6.07) is 0. The van der Waals surface area contributed by atoms with Gasteiger partial charge in [0.25, 0.3) is 0 Å². The molecular formula is C6H5F2N3O2S. The highest BCUT2D eigenvalue weighted by Crippen LogP contribution is 2.11. The standard InChI is InChI=1S/C6H5F2N3O2S/c7-5(8)13-11-3(1-12)4-2-14-6(9)10-4/h1-2,5H,(H2,9,10)/b11-3-. The van der Waals surface area contributed by atoms with Crippen LogP contribution < -0.4 is 5.73 Å². The summed E-state index contributed by atoms with van der Waals surface area (Å²) in [5.41, 5.74) is 5.07. The zero-order chi connectivity index (χ0) is 10.6. The molecule has 0 saturated heterocycles. The fraction of sp³-hybridized carbons (Fsp3) is 0.167. The molecule has 0 aromatic carbocycles. The van der Waals surface area contributed by atoms with Crippen LogP contribution in [0.3, 0.4) is 0 Å². The molecule has 0 spiro atoms. The number of thiazole rings is 1. The van der Waals surface area contributed by atoms with Crippen LogP contribution in [0.1, 0.15) is 5.69 Å². The Labute approximate surface area is 81.2 Å². The average molecular weight is 221 g/mol. The summed E-state index contributed by atoms with van der Waals surface area (Å²) in [5, 5.41) is 4.54. The lowest BCUT2D eigenvalue weighted by molar-refractivity contribution is -0.128. The summed E-state index contributed by atoms with van der Waals surface area (Å²) in [6.45, 7) is -3.07. The van der Waals surface area contributed by atoms with Crippen molar-refractivity contribution in [3.63, 3.8) is 0 Å². The third-order valence-corrected chi connectivity index (χ3v) is 1.80. The van der Waals surface area contributed by atoms with E-state index in [1.807, 2.05) is 0 Å². The lowest BCUT2D eigenvalue weighted by atomic mass is 10.3. The van der Waals surface area contributed by atoms with Crippen molar-refractivity contribution in [1.82, 2.24) is 4.98 Å². The second kappa shape index (κ2) is 4.61. The number of carbonyl (C=O) groups excluding carboxylic acids is 1. The Morgan fingerprint density at radius 1 is 1.79 bits per heavy atom. The lowest BCUT2D eigenvalue weighted by Gasteiger charge is -1.95. The monoisotopic (exact) mass is 221 g/mol. The molecule has 0 atom stereocenters. The van der Waals surface area contributed by atoms with E-state index in [1.165, 1.54) is 5.38 Å². The summed E-state index contributed by atoms with van der Waals surface area (Å²) in [4.78, 5) is 17.7. The van der Waals surface area contributed by atoms with Gasteiger partial charge in [0.2, 0.25) is 0 Å². The van der Waals surface area contributed by atoms with E-state index in [4.69, 9.17) is 5.73 Å². The highest BCUT2D eigenvalue weighted by Gasteiger charge is 2.09. The zero-order valence-electron chi connectivity index (χ0n) is 6.68. The van der Waals surface area contributed by atoms with Gasteiger partial charge in [0.1, 0.15) is 5.69 Å². The second-order valence-corrected chi connectivity index (χ2v) is 2.92. The van der Waals surface area contributed by atoms with Crippen molar-refractivity contribution in [3.05, 3.63) is 11.1 Å². The molecule has 0 radical (unpaired) electrons. The van der Waals surface area contributed by atoms with Crippen molar-refractivity contribution in [1.29, 1.82) is 0 Å². The maximum Gasteiger partial charge on any atom is 0.407 e. The first-order chi connectivity index (χ1) is 6.63. The van der Waals surface area contributed by atoms with Crippen LogP contribution >= 0.6 is 11.3 Å². The van der Waals surface area contributed by atoms with Crippen LogP contribution in [0.25, 0.3) is 0 Å². The first-order valence-corrected chi connectivity index (χ1v) is 4.20. The average Bonchev–Trinajstić information content (AvgIpc) is 2.53. The number of hydrogen-bond acceptors (Lipinski definition) is 6. The molecule has 5 nitrogen and oxygen atoms in total. The quantitative estimate of drug-likeness (QED) is 0.465. The molecule has 8 heteroatoms. The van der Waals surface area contributed by atoms with Crippen molar-refractivity contribution in [2.45, 2.75) is 6.61 Å². The molecule has 0 saturated carbocycles. The van der Waals surface area contributed by atoms with Gasteiger partial charge in [-0.2, -0.15) is 8.78 Å². The van der Waals surface area contributed by atoms with Crippen molar-refractivity contribution in [2.75, 3.05) is 5.73 Å². The third kappa shape index (κ3) is 2.73. The largest absolute Gasteiger partial charge is 0.407 e. The molecular weight excluding hydrogens is 216 g/mol. The maximum absolute atomic E-state index is 11.6. The first kappa shape index (κ1) is 10.5. The molecule has 0 aliphatic carbocycles. The molecule has 0 bridgehead atoms. The summed E-state index contributed by atoms with van der Waals surface area (Å²) in [5.74, 6) is 0. The van der Waals surface area contributed by atoms with Gasteiger partial charge in [-0.05, 0) is 0 Å². The van der Waals surface area contributed by atoms with Gasteiger partial charge in [0.05, 0.1) is 0 Å². The van der Waals surface area contributed by atoms with Crippen molar-refractivity contribution >= 4 is 28.5 Å². The number of halogens is 2. The molecule has 0 unspecified atom stereocenters. The summed E-state index contributed by atoms with van der Waals surface area (Å²) < 4.78 is 23.1. The predicted molar refractivity (Wildman–Crippen MR) is 46.2 cm³/mol. The Bertz CT molecular complexity index is 353. The minimum atomic E-state index is -3.07. The van der Waals surface area contributed by atoms with E-state index in [-0.39, 0.29) is 22.8 Å². The van der Waals surface area contributed by atoms with E-state index in [0.717, 1.165) is 11.3 Å². The minimum Gasteiger partial charge on any atom is -0.375 e. The second-order valence-electron chi connectivity index (χ2n) is 2.03. The minimum absolute atomic E-state index is 0.114. The van der Waals surface area contributed by atoms with Crippen LogP contribution in [0, 0.1) is 0 Å². The van der Waals surface area contributed by atoms with Gasteiger partial charge in [0, 0.05) is 5.38 Å². The molecule has 14 heavy (non-hydrogen) atoms. The van der Waals surface area contributed by atoms with Crippen molar-refractivity contribution in [3.8, 4) is 0 Å². The zero-order valence-corrected chi connectivity index (χ0v) is 7.50. The number of carbonyl (C=O) groups is 1. The fourth-order valence-corrected chi connectivity index (χ4v) is 1.19. The summed E-state index contributed by atoms with van der Waals surface area (Å²) in [6.07, 6.45) is 0.261. The van der Waals surface area contributed by atoms with Gasteiger partial charge in [-0.3, -0.25) is 4.79 Å². The van der Waals surface area contributed by atoms with Crippen LogP contribution in [-0.2, 0) is 9.63 Å². The van der Waals surface area contributed by atoms with Gasteiger partial charge in [-0.25, -0.2) is 4.98 Å². The Hall–Kier alpha value is -1.57. The lowest BCUT2D eigenvalue weighted by Crippen LogP contribution is -2.06. The van der Waals surface area contributed by atoms with Gasteiger partial charge in [-0.15, -0.1) is 11.3 Å². The van der Waals surface area contributed by atoms with Crippen molar-refractivity contribution < 1.29 is 18.4 Å². The van der Waals surface area contributed by atoms with Crippen LogP contribution in [-0.4, -0.2) is 23.6 Å². The van der Waals surface area contributed by atoms with E-state index in [1.54, 1.807) is 0 Å². The molecule has 1 aromatic heterocycles. The molecule has 0 amide bonds. The number of nitrogens with zero attached hydrogens (tertiary/aromatic N) is 2. The Morgan fingerprint density at radius 3 is 2.93 bits per heavy atom. The van der Waals surface area contributed by atoms with Crippen LogP contribution in [0.5, 0.6) is 0 Å². The molecule has 76 valence electrons. The molecule has 0 fully saturated rings. The Kier molecular flexibility index (Phi) is 3.46. The van der Waals surface area contributed by atoms with E-state index < -0.39 is 6.61 Å². The first-order valence-electron chi connectivity index (χ1n) is 3.32. The number of nitrogen functional groups attached to an aromatic ring is 1. The molecule has 1 heterocycles. The van der Waals surface area contributed by atoms with E-state index in [0.29, 0.717) is 0 Å². The number of anilines is 1. The smallest absolute Gasteiger partial charge is 0.375 e. The number of aromatic nitrogens is 1. The van der Waals surface area contributed by atoms with Gasteiger partial charge in [0.15, 0.2) is 17.1 Å². The molecule has 1 aromatic rings. The van der Waals surface area contributed by atoms with E-state index >= 15 is 0 Å². The van der Waals surface area contributed by atoms with Gasteiger partial charge in [-0.1, -0.05) is 5.16 Å². The Balaban J connectivity index is 2.81. The normalized spacial score (nSPS) is 11.8. The van der Waals surface area contributed by atoms with Gasteiger partial charge >= 0.3 is 6.61 Å². The Morgan fingerprint density at radius 2 is 2.50 bits per heavy atom. The molecule has 0 aliphatic rings. The number of aldehydes is 1. The molecule has 0 aliphatic heterocycles. The third-order valence-electron chi connectivity index (χ3n) is 1.13. The summed E-state index contributed by atoms with van der Waals surface area (Å²) in [7, 11) is 0. The fourth-order valence-electron chi connectivity index (χ4n) is 0.631. The van der Waals surface area contributed by atoms with Crippen LogP contribution in [0.15, 0.2) is 10.5 Å². The van der Waals surface area contributed by atoms with E-state index in [9.17, 15) is 13.6 Å². The van der Waals surface area contributed by atoms with Crippen LogP contribution in [0.2, 0.25) is 0 Å². The van der Waals surface area contributed by atoms with Gasteiger partial charge < -0.3 is 10.6 Å². The SMILES string of the molecule is Nc1nc(/C(C=O)=N\OC(F)F)cs1. The van der Waals surface area contributed by atoms with E-state index in [2.05, 4.69) is 15.0 Å².